The van der Waals surface area contributed by atoms with Crippen LogP contribution in [-0.4, -0.2) is 41.7 Å². The number of nitrogens with two attached hydrogens (primary N) is 1. The number of rotatable bonds is 8. The van der Waals surface area contributed by atoms with Crippen LogP contribution in [0.4, 0.5) is 11.5 Å². The number of H-pyrrole nitrogens is 1. The lowest BCUT2D eigenvalue weighted by molar-refractivity contribution is -0.149. The summed E-state index contributed by atoms with van der Waals surface area (Å²) in [6.45, 7) is -0.883. The van der Waals surface area contributed by atoms with Gasteiger partial charge in [-0.3, -0.25) is 19.1 Å². The zero-order chi connectivity index (χ0) is 24.9. The molecule has 0 atom stereocenters. The van der Waals surface area contributed by atoms with Crippen molar-refractivity contribution in [3.63, 3.8) is 0 Å². The lowest BCUT2D eigenvalue weighted by atomic mass is 10.1. The highest BCUT2D eigenvalue weighted by Gasteiger charge is 2.22. The van der Waals surface area contributed by atoms with E-state index in [0.717, 1.165) is 34.3 Å². The number of likely N-dealkylation sites (N-methyl/N-ethyl adjacent to an activating group) is 1. The lowest BCUT2D eigenvalue weighted by Crippen LogP contribution is -2.41. The van der Waals surface area contributed by atoms with E-state index >= 15 is 0 Å². The molecule has 0 saturated carbocycles. The summed E-state index contributed by atoms with van der Waals surface area (Å²) in [6, 6.07) is 14.7. The fraction of sp³-hybridized carbons (Fsp3) is 0.280. The Morgan fingerprint density at radius 2 is 1.80 bits per heavy atom. The van der Waals surface area contributed by atoms with E-state index in [1.54, 1.807) is 30.3 Å². The Morgan fingerprint density at radius 1 is 1.06 bits per heavy atom. The van der Waals surface area contributed by atoms with Crippen LogP contribution >= 0.6 is 0 Å². The molecule has 0 bridgehead atoms. The molecule has 10 nitrogen and oxygen atoms in total. The number of fused-ring (bicyclic) bond motifs is 1. The molecule has 0 spiro atoms. The van der Waals surface area contributed by atoms with Crippen molar-refractivity contribution >= 4 is 23.4 Å². The molecule has 0 saturated heterocycles. The molecule has 0 fully saturated rings. The molecule has 3 N–H and O–H groups in total. The Balaban J connectivity index is 1.38. The van der Waals surface area contributed by atoms with Gasteiger partial charge in [0.15, 0.2) is 18.9 Å². The first kappa shape index (κ1) is 23.8. The van der Waals surface area contributed by atoms with Crippen LogP contribution in [0.15, 0.2) is 58.1 Å². The predicted molar refractivity (Wildman–Crippen MR) is 130 cm³/mol. The number of ether oxygens (including phenoxy) is 2. The molecule has 1 aliphatic carbocycles. The van der Waals surface area contributed by atoms with Crippen molar-refractivity contribution < 1.29 is 19.1 Å². The van der Waals surface area contributed by atoms with Crippen LogP contribution in [0, 0.1) is 0 Å². The van der Waals surface area contributed by atoms with Gasteiger partial charge in [0.25, 0.3) is 11.5 Å². The minimum absolute atomic E-state index is 0.104. The first-order chi connectivity index (χ1) is 16.8. The Kier molecular flexibility index (Phi) is 7.00. The number of nitrogens with one attached hydrogen (secondary N) is 1. The first-order valence-electron chi connectivity index (χ1n) is 11.2. The molecular weight excluding hydrogens is 452 g/mol. The minimum Gasteiger partial charge on any atom is -0.482 e. The summed E-state index contributed by atoms with van der Waals surface area (Å²) in [5.41, 5.74) is 7.65. The largest absolute Gasteiger partial charge is 0.482 e. The molecule has 2 aromatic carbocycles. The van der Waals surface area contributed by atoms with E-state index < -0.39 is 29.7 Å². The number of anilines is 2. The van der Waals surface area contributed by atoms with Crippen molar-refractivity contribution in [3.8, 4) is 5.75 Å². The molecule has 0 aliphatic heterocycles. The average Bonchev–Trinajstić information content (AvgIpc) is 3.32. The number of hydrogen-bond donors (Lipinski definition) is 2. The van der Waals surface area contributed by atoms with Gasteiger partial charge in [-0.25, -0.2) is 9.59 Å². The summed E-state index contributed by atoms with van der Waals surface area (Å²) < 4.78 is 11.7. The van der Waals surface area contributed by atoms with Crippen LogP contribution in [0.1, 0.15) is 23.1 Å². The van der Waals surface area contributed by atoms with Crippen molar-refractivity contribution in [1.29, 1.82) is 0 Å². The molecule has 1 amide bonds. The molecule has 1 aromatic heterocycles. The van der Waals surface area contributed by atoms with Crippen LogP contribution < -0.4 is 26.6 Å². The topological polar surface area (TPSA) is 137 Å². The van der Waals surface area contributed by atoms with Gasteiger partial charge in [0.05, 0.1) is 6.54 Å². The number of hydrogen-bond acceptors (Lipinski definition) is 7. The molecule has 4 rings (SSSR count). The Labute approximate surface area is 200 Å². The number of carbonyl (C=O) groups is 2. The fourth-order valence-electron chi connectivity index (χ4n) is 4.01. The molecule has 182 valence electrons. The highest BCUT2D eigenvalue weighted by molar-refractivity contribution is 5.96. The second kappa shape index (κ2) is 10.3. The van der Waals surface area contributed by atoms with Crippen LogP contribution in [0.5, 0.6) is 5.75 Å². The summed E-state index contributed by atoms with van der Waals surface area (Å²) in [7, 11) is 1.31. The average molecular weight is 479 g/mol. The van der Waals surface area contributed by atoms with Crippen molar-refractivity contribution in [1.82, 2.24) is 9.55 Å². The highest BCUT2D eigenvalue weighted by Crippen LogP contribution is 2.26. The number of nitrogens with zero attached hydrogens (tertiary/aromatic N) is 2. The molecule has 0 unspecified atom stereocenters. The van der Waals surface area contributed by atoms with Crippen molar-refractivity contribution in [2.45, 2.75) is 25.8 Å². The Hall–Kier alpha value is -4.34. The van der Waals surface area contributed by atoms with E-state index in [4.69, 9.17) is 15.2 Å². The van der Waals surface area contributed by atoms with Crippen LogP contribution in [0.2, 0.25) is 0 Å². The van der Waals surface area contributed by atoms with E-state index in [0.29, 0.717) is 5.75 Å². The van der Waals surface area contributed by atoms with E-state index in [-0.39, 0.29) is 24.7 Å². The molecule has 10 heteroatoms. The summed E-state index contributed by atoms with van der Waals surface area (Å²) in [5.74, 6) is -1.04. The second-order valence-electron chi connectivity index (χ2n) is 8.25. The molecule has 1 aliphatic rings. The van der Waals surface area contributed by atoms with E-state index in [1.807, 2.05) is 18.2 Å². The third-order valence-corrected chi connectivity index (χ3v) is 5.89. The number of amides is 1. The molecule has 0 radical (unpaired) electrons. The third kappa shape index (κ3) is 5.43. The number of aryl methyl sites for hydroxylation is 2. The summed E-state index contributed by atoms with van der Waals surface area (Å²) in [5, 5.41) is 0. The van der Waals surface area contributed by atoms with E-state index in [9.17, 15) is 19.2 Å². The van der Waals surface area contributed by atoms with Gasteiger partial charge in [0.2, 0.25) is 0 Å². The normalized spacial score (nSPS) is 12.1. The molecule has 1 heterocycles. The lowest BCUT2D eigenvalue weighted by Gasteiger charge is -2.20. The number of nitrogen functional groups attached to an aromatic ring is 1. The highest BCUT2D eigenvalue weighted by atomic mass is 16.6. The monoisotopic (exact) mass is 478 g/mol. The second-order valence-corrected chi connectivity index (χ2v) is 8.25. The SMILES string of the molecule is CN(C(=O)COC(=O)COc1ccc2c(c1)CCC2)c1c(N)n(Cc2ccccc2)c(=O)[nH]c1=O. The first-order valence-corrected chi connectivity index (χ1v) is 11.2. The standard InChI is InChI=1S/C25H26N4O6/c1-28(22-23(26)29(25(33)27-24(22)32)13-16-6-3-2-4-7-16)20(30)14-35-21(31)15-34-19-11-10-17-8-5-9-18(17)12-19/h2-4,6-7,10-12H,5,8-9,13-15,26H2,1H3,(H,27,32,33). The number of aromatic amines is 1. The predicted octanol–water partition coefficient (Wildman–Crippen LogP) is 1.24. The van der Waals surface area contributed by atoms with Gasteiger partial charge < -0.3 is 20.1 Å². The number of benzene rings is 2. The van der Waals surface area contributed by atoms with Gasteiger partial charge in [-0.2, -0.15) is 0 Å². The van der Waals surface area contributed by atoms with Crippen LogP contribution in [-0.2, 0) is 33.7 Å². The Morgan fingerprint density at radius 3 is 2.57 bits per heavy atom. The van der Waals surface area contributed by atoms with E-state index in [1.165, 1.54) is 18.2 Å². The maximum Gasteiger partial charge on any atom is 0.344 e. The fourth-order valence-corrected chi connectivity index (χ4v) is 4.01. The third-order valence-electron chi connectivity index (χ3n) is 5.89. The van der Waals surface area contributed by atoms with E-state index in [2.05, 4.69) is 4.98 Å². The zero-order valence-electron chi connectivity index (χ0n) is 19.3. The van der Waals surface area contributed by atoms with Gasteiger partial charge in [0, 0.05) is 7.05 Å². The smallest absolute Gasteiger partial charge is 0.344 e. The zero-order valence-corrected chi connectivity index (χ0v) is 19.3. The molecule has 35 heavy (non-hydrogen) atoms. The van der Waals surface area contributed by atoms with Gasteiger partial charge in [0.1, 0.15) is 11.6 Å². The minimum atomic E-state index is -0.820. The maximum atomic E-state index is 12.6. The maximum absolute atomic E-state index is 12.6. The van der Waals surface area contributed by atoms with Gasteiger partial charge in [-0.15, -0.1) is 0 Å². The van der Waals surface area contributed by atoms with Gasteiger partial charge in [-0.05, 0) is 48.1 Å². The van der Waals surface area contributed by atoms with Crippen molar-refractivity contribution in [3.05, 3.63) is 86.1 Å². The van der Waals surface area contributed by atoms with Crippen molar-refractivity contribution in [2.75, 3.05) is 30.9 Å². The quantitative estimate of drug-likeness (QED) is 0.465. The van der Waals surface area contributed by atoms with Gasteiger partial charge >= 0.3 is 11.7 Å². The number of aromatic nitrogens is 2. The summed E-state index contributed by atoms with van der Waals surface area (Å²) in [4.78, 5) is 52.6. The van der Waals surface area contributed by atoms with Crippen LogP contribution in [0.25, 0.3) is 0 Å². The van der Waals surface area contributed by atoms with Crippen LogP contribution in [0.3, 0.4) is 0 Å². The number of carbonyl (C=O) groups excluding carboxylic acids is 2. The van der Waals surface area contributed by atoms with Gasteiger partial charge in [-0.1, -0.05) is 36.4 Å². The molecular formula is C25H26N4O6. The molecule has 3 aromatic rings. The van der Waals surface area contributed by atoms with Crippen molar-refractivity contribution in [2.24, 2.45) is 0 Å². The Bertz CT molecular complexity index is 1360. The summed E-state index contributed by atoms with van der Waals surface area (Å²) in [6.07, 6.45) is 3.14. The summed E-state index contributed by atoms with van der Waals surface area (Å²) >= 11 is 0. The number of esters is 1.